The average molecular weight is 499 g/mol. The van der Waals surface area contributed by atoms with E-state index in [9.17, 15) is 22.4 Å². The number of hydrogen-bond acceptors (Lipinski definition) is 6. The first-order valence-corrected chi connectivity index (χ1v) is 12.2. The molecule has 0 bridgehead atoms. The molecule has 11 heteroatoms. The zero-order valence-corrected chi connectivity index (χ0v) is 19.3. The van der Waals surface area contributed by atoms with Crippen LogP contribution in [-0.2, 0) is 24.3 Å². The van der Waals surface area contributed by atoms with Crippen LogP contribution in [0.5, 0.6) is 5.75 Å². The minimum Gasteiger partial charge on any atom is -0.482 e. The number of carbonyl (C=O) groups is 2. The van der Waals surface area contributed by atoms with Gasteiger partial charge >= 0.3 is 5.97 Å². The Hall–Kier alpha value is -2.69. The lowest BCUT2D eigenvalue weighted by molar-refractivity contribution is -0.149. The molecule has 0 aromatic heterocycles. The van der Waals surface area contributed by atoms with E-state index in [2.05, 4.69) is 5.32 Å². The van der Waals surface area contributed by atoms with E-state index in [1.807, 2.05) is 0 Å². The molecule has 0 unspecified atom stereocenters. The summed E-state index contributed by atoms with van der Waals surface area (Å²) >= 11 is 6.11. The molecule has 2 aromatic carbocycles. The van der Waals surface area contributed by atoms with Crippen LogP contribution in [0.1, 0.15) is 25.7 Å². The van der Waals surface area contributed by atoms with Gasteiger partial charge in [0.2, 0.25) is 10.0 Å². The summed E-state index contributed by atoms with van der Waals surface area (Å²) in [6.07, 6.45) is 3.56. The zero-order valence-electron chi connectivity index (χ0n) is 17.8. The molecule has 1 fully saturated rings. The lowest BCUT2D eigenvalue weighted by Crippen LogP contribution is -2.32. The highest BCUT2D eigenvalue weighted by Gasteiger charge is 2.26. The molecule has 0 saturated carbocycles. The summed E-state index contributed by atoms with van der Waals surface area (Å²) in [5.74, 6) is -1.92. The first-order valence-electron chi connectivity index (χ1n) is 10.4. The van der Waals surface area contributed by atoms with Gasteiger partial charge in [0.05, 0.1) is 15.6 Å². The number of rotatable bonds is 8. The van der Waals surface area contributed by atoms with Crippen molar-refractivity contribution in [2.45, 2.75) is 30.6 Å². The topological polar surface area (TPSA) is 102 Å². The van der Waals surface area contributed by atoms with Crippen LogP contribution in [0, 0.1) is 5.82 Å². The second-order valence-corrected chi connectivity index (χ2v) is 9.76. The van der Waals surface area contributed by atoms with Crippen molar-refractivity contribution in [1.29, 1.82) is 0 Å². The lowest BCUT2D eigenvalue weighted by Gasteiger charge is -2.20. The van der Waals surface area contributed by atoms with Crippen molar-refractivity contribution in [1.82, 2.24) is 4.31 Å². The molecule has 0 radical (unpaired) electrons. The Morgan fingerprint density at radius 3 is 2.45 bits per heavy atom. The van der Waals surface area contributed by atoms with E-state index in [-0.39, 0.29) is 21.4 Å². The van der Waals surface area contributed by atoms with E-state index in [0.29, 0.717) is 13.1 Å². The fourth-order valence-corrected chi connectivity index (χ4v) is 4.97. The minimum absolute atomic E-state index is 0.0181. The molecule has 1 saturated heterocycles. The van der Waals surface area contributed by atoms with Gasteiger partial charge in [-0.15, -0.1) is 0 Å². The smallest absolute Gasteiger partial charge is 0.344 e. The second kappa shape index (κ2) is 11.4. The fourth-order valence-electron chi connectivity index (χ4n) is 3.26. The van der Waals surface area contributed by atoms with Crippen LogP contribution in [-0.4, -0.2) is 50.9 Å². The molecule has 1 aliphatic rings. The number of hydrogen-bond donors (Lipinski definition) is 1. The standard InChI is InChI=1S/C22H24ClFN2O6S/c23-19-9-8-18(33(29,30)26-10-3-1-2-4-11-26)13-20(19)25-21(27)14-32-22(28)15-31-17-7-5-6-16(24)12-17/h5-9,12-13H,1-4,10-11,14-15H2,(H,25,27). The molecule has 3 rings (SSSR count). The van der Waals surface area contributed by atoms with Crippen molar-refractivity contribution >= 4 is 39.2 Å². The van der Waals surface area contributed by atoms with Gasteiger partial charge in [0.15, 0.2) is 13.2 Å². The molecular formula is C22H24ClFN2O6S. The Balaban J connectivity index is 1.56. The summed E-state index contributed by atoms with van der Waals surface area (Å²) in [5, 5.41) is 2.59. The van der Waals surface area contributed by atoms with Crippen molar-refractivity contribution in [3.05, 3.63) is 53.3 Å². The van der Waals surface area contributed by atoms with Gasteiger partial charge in [-0.1, -0.05) is 30.5 Å². The number of benzene rings is 2. The number of carbonyl (C=O) groups excluding carboxylic acids is 2. The first-order chi connectivity index (χ1) is 15.8. The van der Waals surface area contributed by atoms with Gasteiger partial charge in [0.25, 0.3) is 5.91 Å². The van der Waals surface area contributed by atoms with E-state index in [4.69, 9.17) is 21.1 Å². The van der Waals surface area contributed by atoms with Crippen molar-refractivity contribution in [3.8, 4) is 5.75 Å². The van der Waals surface area contributed by atoms with Crippen molar-refractivity contribution < 1.29 is 31.9 Å². The summed E-state index contributed by atoms with van der Waals surface area (Å²) in [6.45, 7) is -0.258. The highest BCUT2D eigenvalue weighted by atomic mass is 35.5. The van der Waals surface area contributed by atoms with Crippen molar-refractivity contribution in [3.63, 3.8) is 0 Å². The summed E-state index contributed by atoms with van der Waals surface area (Å²) < 4.78 is 50.4. The van der Waals surface area contributed by atoms with Gasteiger partial charge in [-0.25, -0.2) is 17.6 Å². The van der Waals surface area contributed by atoms with Crippen LogP contribution in [0.25, 0.3) is 0 Å². The Bertz CT molecular complexity index is 1100. The third kappa shape index (κ3) is 7.15. The number of nitrogens with one attached hydrogen (secondary N) is 1. The molecular weight excluding hydrogens is 475 g/mol. The van der Waals surface area contributed by atoms with Gasteiger partial charge in [0, 0.05) is 19.2 Å². The molecule has 0 spiro atoms. The number of halogens is 2. The second-order valence-electron chi connectivity index (χ2n) is 7.41. The SMILES string of the molecule is O=C(COC(=O)COc1cccc(F)c1)Nc1cc(S(=O)(=O)N2CCCCCC2)ccc1Cl. The fraction of sp³-hybridized carbons (Fsp3) is 0.364. The normalized spacial score (nSPS) is 14.8. The average Bonchev–Trinajstić information content (AvgIpc) is 3.08. The predicted molar refractivity (Wildman–Crippen MR) is 120 cm³/mol. The number of anilines is 1. The maximum Gasteiger partial charge on any atom is 0.344 e. The van der Waals surface area contributed by atoms with E-state index in [0.717, 1.165) is 31.7 Å². The number of nitrogens with zero attached hydrogens (tertiary/aromatic N) is 1. The number of ether oxygens (including phenoxy) is 2. The van der Waals surface area contributed by atoms with Gasteiger partial charge in [0.1, 0.15) is 11.6 Å². The molecule has 1 N–H and O–H groups in total. The Morgan fingerprint density at radius 2 is 1.76 bits per heavy atom. The lowest BCUT2D eigenvalue weighted by atomic mass is 10.2. The molecule has 178 valence electrons. The maximum absolute atomic E-state index is 13.1. The van der Waals surface area contributed by atoms with Crippen molar-refractivity contribution in [2.24, 2.45) is 0 Å². The van der Waals surface area contributed by atoms with Gasteiger partial charge in [-0.2, -0.15) is 4.31 Å². The van der Waals surface area contributed by atoms with Crippen LogP contribution >= 0.6 is 11.6 Å². The van der Waals surface area contributed by atoms with Crippen LogP contribution in [0.3, 0.4) is 0 Å². The zero-order chi connectivity index (χ0) is 23.8. The third-order valence-corrected chi connectivity index (χ3v) is 7.16. The molecule has 0 aliphatic carbocycles. The number of esters is 1. The van der Waals surface area contributed by atoms with Crippen LogP contribution < -0.4 is 10.1 Å². The summed E-state index contributed by atoms with van der Waals surface area (Å²) in [7, 11) is -3.73. The molecule has 1 amide bonds. The monoisotopic (exact) mass is 498 g/mol. The van der Waals surface area contributed by atoms with Gasteiger partial charge in [-0.05, 0) is 43.2 Å². The predicted octanol–water partition coefficient (Wildman–Crippen LogP) is 3.60. The van der Waals surface area contributed by atoms with E-state index >= 15 is 0 Å². The summed E-state index contributed by atoms with van der Waals surface area (Å²) in [6, 6.07) is 9.30. The molecule has 2 aromatic rings. The van der Waals surface area contributed by atoms with Gasteiger partial charge < -0.3 is 14.8 Å². The maximum atomic E-state index is 13.1. The minimum atomic E-state index is -3.73. The highest BCUT2D eigenvalue weighted by molar-refractivity contribution is 7.89. The summed E-state index contributed by atoms with van der Waals surface area (Å²) in [5.41, 5.74) is 0.0876. The van der Waals surface area contributed by atoms with Gasteiger partial charge in [-0.3, -0.25) is 4.79 Å². The summed E-state index contributed by atoms with van der Waals surface area (Å²) in [4.78, 5) is 24.0. The molecule has 1 heterocycles. The quantitative estimate of drug-likeness (QED) is 0.558. The third-order valence-electron chi connectivity index (χ3n) is 4.93. The largest absolute Gasteiger partial charge is 0.482 e. The number of amides is 1. The number of sulfonamides is 1. The van der Waals surface area contributed by atoms with Crippen molar-refractivity contribution in [2.75, 3.05) is 31.6 Å². The molecule has 1 aliphatic heterocycles. The molecule has 8 nitrogen and oxygen atoms in total. The van der Waals surface area contributed by atoms with Crippen LogP contribution in [0.4, 0.5) is 10.1 Å². The van der Waals surface area contributed by atoms with Crippen LogP contribution in [0.2, 0.25) is 5.02 Å². The Morgan fingerprint density at radius 1 is 1.03 bits per heavy atom. The Kier molecular flexibility index (Phi) is 8.65. The molecule has 33 heavy (non-hydrogen) atoms. The van der Waals surface area contributed by atoms with E-state index < -0.39 is 40.9 Å². The Labute approximate surface area is 196 Å². The highest BCUT2D eigenvalue weighted by Crippen LogP contribution is 2.28. The molecule has 0 atom stereocenters. The van der Waals surface area contributed by atoms with E-state index in [1.54, 1.807) is 0 Å². The van der Waals surface area contributed by atoms with E-state index in [1.165, 1.54) is 40.7 Å². The van der Waals surface area contributed by atoms with Crippen LogP contribution in [0.15, 0.2) is 47.4 Å². The first kappa shape index (κ1) is 24.9.